The Morgan fingerprint density at radius 3 is 2.57 bits per heavy atom. The lowest BCUT2D eigenvalue weighted by atomic mass is 10.1. The number of amides is 1. The summed E-state index contributed by atoms with van der Waals surface area (Å²) in [7, 11) is -2.24. The highest BCUT2D eigenvalue weighted by Gasteiger charge is 2.36. The summed E-state index contributed by atoms with van der Waals surface area (Å²) in [5.74, 6) is -1.00. The summed E-state index contributed by atoms with van der Waals surface area (Å²) in [5.41, 5.74) is 2.01. The molecular weight excluding hydrogens is 383 g/mol. The summed E-state index contributed by atoms with van der Waals surface area (Å²) in [6.45, 7) is 1.52. The van der Waals surface area contributed by atoms with Gasteiger partial charge in [0.2, 0.25) is 5.91 Å². The van der Waals surface area contributed by atoms with Crippen LogP contribution in [-0.4, -0.2) is 31.2 Å². The van der Waals surface area contributed by atoms with Gasteiger partial charge in [0.1, 0.15) is 23.7 Å². The van der Waals surface area contributed by atoms with Crippen LogP contribution >= 0.6 is 0 Å². The third kappa shape index (κ3) is 2.75. The Bertz CT molecular complexity index is 1200. The van der Waals surface area contributed by atoms with Crippen molar-refractivity contribution in [3.05, 3.63) is 60.0 Å². The van der Waals surface area contributed by atoms with Gasteiger partial charge in [-0.05, 0) is 25.1 Å². The maximum atomic E-state index is 13.7. The van der Waals surface area contributed by atoms with Crippen LogP contribution < -0.4 is 9.62 Å². The summed E-state index contributed by atoms with van der Waals surface area (Å²) in [6, 6.07) is 12.5. The molecule has 0 bridgehead atoms. The van der Waals surface area contributed by atoms with Crippen LogP contribution in [0.15, 0.2) is 53.4 Å². The fraction of sp³-hybridized carbons (Fsp3) is 0.158. The van der Waals surface area contributed by atoms with Crippen LogP contribution in [0.4, 0.5) is 15.8 Å². The average Bonchev–Trinajstić information content (AvgIpc) is 2.98. The molecule has 0 saturated carbocycles. The maximum Gasteiger partial charge on any atom is 0.264 e. The first kappa shape index (κ1) is 18.2. The summed E-state index contributed by atoms with van der Waals surface area (Å²) in [4.78, 5) is 12.6. The number of para-hydroxylation sites is 1. The molecule has 3 aromatic rings. The smallest absolute Gasteiger partial charge is 0.264 e. The van der Waals surface area contributed by atoms with Gasteiger partial charge in [0.05, 0.1) is 16.3 Å². The highest BCUT2D eigenvalue weighted by molar-refractivity contribution is 7.93. The van der Waals surface area contributed by atoms with E-state index in [1.165, 1.54) is 40.3 Å². The SMILES string of the molecule is Cc1c2c(nn1CC(=O)Nc1ccccc1F)-c1ccccc1S(=O)(=O)N2C. The number of halogens is 1. The maximum absolute atomic E-state index is 13.7. The van der Waals surface area contributed by atoms with E-state index in [1.54, 1.807) is 31.2 Å². The van der Waals surface area contributed by atoms with E-state index in [0.29, 0.717) is 22.6 Å². The van der Waals surface area contributed by atoms with Gasteiger partial charge in [-0.1, -0.05) is 30.3 Å². The van der Waals surface area contributed by atoms with Crippen LogP contribution in [0.3, 0.4) is 0 Å². The molecule has 4 rings (SSSR count). The van der Waals surface area contributed by atoms with Gasteiger partial charge in [0.25, 0.3) is 10.0 Å². The predicted octanol–water partition coefficient (Wildman–Crippen LogP) is 2.77. The van der Waals surface area contributed by atoms with Gasteiger partial charge >= 0.3 is 0 Å². The second-order valence-corrected chi connectivity index (χ2v) is 8.37. The average molecular weight is 400 g/mol. The molecule has 2 aromatic carbocycles. The first-order valence-electron chi connectivity index (χ1n) is 8.51. The lowest BCUT2D eigenvalue weighted by Gasteiger charge is -2.26. The second kappa shape index (κ2) is 6.45. The van der Waals surface area contributed by atoms with E-state index >= 15 is 0 Å². The van der Waals surface area contributed by atoms with E-state index in [2.05, 4.69) is 10.4 Å². The number of nitrogens with zero attached hydrogens (tertiary/aromatic N) is 3. The zero-order chi connectivity index (χ0) is 20.1. The van der Waals surface area contributed by atoms with Crippen molar-refractivity contribution >= 4 is 27.3 Å². The molecule has 1 aliphatic rings. The number of hydrogen-bond donors (Lipinski definition) is 1. The minimum Gasteiger partial charge on any atom is -0.322 e. The first-order valence-corrected chi connectivity index (χ1v) is 9.95. The molecule has 9 heteroatoms. The normalized spacial score (nSPS) is 14.3. The molecule has 1 aromatic heterocycles. The molecule has 0 unspecified atom stereocenters. The van der Waals surface area contributed by atoms with Gasteiger partial charge in [-0.2, -0.15) is 5.10 Å². The molecule has 0 saturated heterocycles. The molecule has 2 heterocycles. The number of carbonyl (C=O) groups is 1. The number of anilines is 2. The topological polar surface area (TPSA) is 84.3 Å². The monoisotopic (exact) mass is 400 g/mol. The molecule has 144 valence electrons. The Kier molecular flexibility index (Phi) is 4.19. The van der Waals surface area contributed by atoms with E-state index in [1.807, 2.05) is 0 Å². The van der Waals surface area contributed by atoms with Crippen LogP contribution in [0.5, 0.6) is 0 Å². The molecular formula is C19H17FN4O3S. The number of hydrogen-bond acceptors (Lipinski definition) is 4. The molecule has 0 fully saturated rings. The van der Waals surface area contributed by atoms with Gasteiger partial charge in [-0.15, -0.1) is 0 Å². The highest BCUT2D eigenvalue weighted by atomic mass is 32.2. The Balaban J connectivity index is 1.72. The van der Waals surface area contributed by atoms with Crippen LogP contribution in [0.1, 0.15) is 5.69 Å². The summed E-state index contributed by atoms with van der Waals surface area (Å²) < 4.78 is 41.9. The van der Waals surface area contributed by atoms with E-state index in [9.17, 15) is 17.6 Å². The lowest BCUT2D eigenvalue weighted by Crippen LogP contribution is -2.30. The Hall–Kier alpha value is -3.20. The zero-order valence-electron chi connectivity index (χ0n) is 15.2. The van der Waals surface area contributed by atoms with Crippen molar-refractivity contribution < 1.29 is 17.6 Å². The minimum absolute atomic E-state index is 0.0760. The number of benzene rings is 2. The first-order chi connectivity index (χ1) is 13.3. The highest BCUT2D eigenvalue weighted by Crippen LogP contribution is 2.43. The number of aromatic nitrogens is 2. The van der Waals surface area contributed by atoms with Crippen molar-refractivity contribution in [3.8, 4) is 11.3 Å². The number of rotatable bonds is 3. The molecule has 0 aliphatic carbocycles. The van der Waals surface area contributed by atoms with E-state index in [-0.39, 0.29) is 17.1 Å². The lowest BCUT2D eigenvalue weighted by molar-refractivity contribution is -0.117. The quantitative estimate of drug-likeness (QED) is 0.733. The Labute approximate surface area is 161 Å². The summed E-state index contributed by atoms with van der Waals surface area (Å²) >= 11 is 0. The molecule has 0 atom stereocenters. The molecule has 0 radical (unpaired) electrons. The largest absolute Gasteiger partial charge is 0.322 e. The van der Waals surface area contributed by atoms with Gasteiger partial charge in [-0.3, -0.25) is 13.8 Å². The third-order valence-corrected chi connectivity index (χ3v) is 6.53. The van der Waals surface area contributed by atoms with E-state index in [0.717, 1.165) is 0 Å². The van der Waals surface area contributed by atoms with Crippen molar-refractivity contribution in [3.63, 3.8) is 0 Å². The van der Waals surface area contributed by atoms with Crippen LogP contribution in [-0.2, 0) is 21.4 Å². The van der Waals surface area contributed by atoms with E-state index in [4.69, 9.17) is 0 Å². The number of fused-ring (bicyclic) bond motifs is 3. The molecule has 1 amide bonds. The fourth-order valence-corrected chi connectivity index (χ4v) is 4.74. The fourth-order valence-electron chi connectivity index (χ4n) is 3.29. The van der Waals surface area contributed by atoms with Crippen molar-refractivity contribution in [2.75, 3.05) is 16.7 Å². The third-order valence-electron chi connectivity index (χ3n) is 4.71. The Morgan fingerprint density at radius 2 is 1.82 bits per heavy atom. The Morgan fingerprint density at radius 1 is 1.14 bits per heavy atom. The number of sulfonamides is 1. The van der Waals surface area contributed by atoms with Crippen molar-refractivity contribution in [2.45, 2.75) is 18.4 Å². The van der Waals surface area contributed by atoms with Gasteiger partial charge < -0.3 is 5.32 Å². The summed E-state index contributed by atoms with van der Waals surface area (Å²) in [5, 5.41) is 6.97. The molecule has 28 heavy (non-hydrogen) atoms. The van der Waals surface area contributed by atoms with E-state index < -0.39 is 21.7 Å². The van der Waals surface area contributed by atoms with Crippen molar-refractivity contribution in [2.24, 2.45) is 0 Å². The second-order valence-electron chi connectivity index (χ2n) is 6.44. The van der Waals surface area contributed by atoms with Crippen molar-refractivity contribution in [1.82, 2.24) is 9.78 Å². The molecule has 7 nitrogen and oxygen atoms in total. The number of carbonyl (C=O) groups excluding carboxylic acids is 1. The minimum atomic E-state index is -3.70. The van der Waals surface area contributed by atoms with Crippen LogP contribution in [0.2, 0.25) is 0 Å². The van der Waals surface area contributed by atoms with Gasteiger partial charge in [-0.25, -0.2) is 12.8 Å². The molecule has 1 aliphatic heterocycles. The summed E-state index contributed by atoms with van der Waals surface area (Å²) in [6.07, 6.45) is 0. The molecule has 0 spiro atoms. The van der Waals surface area contributed by atoms with Crippen LogP contribution in [0.25, 0.3) is 11.3 Å². The zero-order valence-corrected chi connectivity index (χ0v) is 16.0. The van der Waals surface area contributed by atoms with Crippen molar-refractivity contribution in [1.29, 1.82) is 0 Å². The predicted molar refractivity (Wildman–Crippen MR) is 103 cm³/mol. The van der Waals surface area contributed by atoms with Gasteiger partial charge in [0, 0.05) is 12.6 Å². The number of nitrogens with one attached hydrogen (secondary N) is 1. The van der Waals surface area contributed by atoms with Gasteiger partial charge in [0.15, 0.2) is 0 Å². The standard InChI is InChI=1S/C19H17FN4O3S/c1-12-19-18(13-7-3-6-10-16(13)28(26,27)23(19)2)22-24(12)11-17(25)21-15-9-5-4-8-14(15)20/h3-10H,11H2,1-2H3,(H,21,25). The van der Waals surface area contributed by atoms with Crippen LogP contribution in [0, 0.1) is 12.7 Å². The molecule has 1 N–H and O–H groups in total.